The molecule has 0 bridgehead atoms. The molecule has 0 heterocycles. The van der Waals surface area contributed by atoms with Gasteiger partial charge in [0, 0.05) is 0 Å². The van der Waals surface area contributed by atoms with Gasteiger partial charge in [0.2, 0.25) is 0 Å². The van der Waals surface area contributed by atoms with Gasteiger partial charge in [-0.05, 0) is 66.2 Å². The monoisotopic (exact) mass is 408 g/mol. The van der Waals surface area contributed by atoms with Crippen molar-refractivity contribution in [1.82, 2.24) is 0 Å². The first-order valence-corrected chi connectivity index (χ1v) is 12.1. The van der Waals surface area contributed by atoms with Crippen molar-refractivity contribution in [3.8, 4) is 0 Å². The van der Waals surface area contributed by atoms with Crippen molar-refractivity contribution in [2.45, 2.75) is 71.9 Å². The summed E-state index contributed by atoms with van der Waals surface area (Å²) in [4.78, 5) is 18.4. The molecule has 6 nitrogen and oxygen atoms in total. The van der Waals surface area contributed by atoms with Crippen LogP contribution in [0, 0.1) is 0 Å². The zero-order chi connectivity index (χ0) is 20.4. The van der Waals surface area contributed by atoms with Gasteiger partial charge in [0.05, 0.1) is 11.4 Å². The lowest BCUT2D eigenvalue weighted by Crippen LogP contribution is -2.20. The SMILES string of the molecule is CC(C)=CCC/C(C)=C/CC/C(C)=C/CCC(CS(=O)(=O)O)P(=O)(O)O. The largest absolute Gasteiger partial charge is 0.329 e. The zero-order valence-electron chi connectivity index (χ0n) is 16.2. The average Bonchev–Trinajstić information content (AvgIpc) is 2.43. The first-order chi connectivity index (χ1) is 11.8. The second-order valence-corrected chi connectivity index (χ2v) is 10.4. The van der Waals surface area contributed by atoms with Crippen LogP contribution in [-0.4, -0.2) is 34.2 Å². The van der Waals surface area contributed by atoms with Crippen molar-refractivity contribution in [2.75, 3.05) is 5.75 Å². The van der Waals surface area contributed by atoms with E-state index in [1.165, 1.54) is 11.1 Å². The zero-order valence-corrected chi connectivity index (χ0v) is 17.9. The minimum atomic E-state index is -4.57. The van der Waals surface area contributed by atoms with Crippen LogP contribution in [0.5, 0.6) is 0 Å². The minimum absolute atomic E-state index is 0.0129. The van der Waals surface area contributed by atoms with Gasteiger partial charge in [-0.25, -0.2) is 0 Å². The van der Waals surface area contributed by atoms with E-state index in [-0.39, 0.29) is 6.42 Å². The first kappa shape index (κ1) is 25.3. The number of hydrogen-bond donors (Lipinski definition) is 3. The Morgan fingerprint density at radius 2 is 1.38 bits per heavy atom. The molecular formula is C18H33O6PS. The molecule has 26 heavy (non-hydrogen) atoms. The van der Waals surface area contributed by atoms with Gasteiger partial charge in [0.25, 0.3) is 10.1 Å². The van der Waals surface area contributed by atoms with Gasteiger partial charge in [-0.15, -0.1) is 0 Å². The summed E-state index contributed by atoms with van der Waals surface area (Å²) in [5.41, 5.74) is 2.37. The molecule has 0 amide bonds. The van der Waals surface area contributed by atoms with Gasteiger partial charge in [0.1, 0.15) is 0 Å². The summed E-state index contributed by atoms with van der Waals surface area (Å²) in [7, 11) is -8.99. The molecule has 0 saturated heterocycles. The van der Waals surface area contributed by atoms with Gasteiger partial charge in [0.15, 0.2) is 0 Å². The maximum absolute atomic E-state index is 11.3. The molecule has 1 unspecified atom stereocenters. The van der Waals surface area contributed by atoms with Crippen LogP contribution in [0.3, 0.4) is 0 Å². The molecule has 3 N–H and O–H groups in total. The molecule has 0 rings (SSSR count). The number of hydrogen-bond acceptors (Lipinski definition) is 3. The summed E-state index contributed by atoms with van der Waals surface area (Å²) in [6.07, 6.45) is 10.5. The quantitative estimate of drug-likeness (QED) is 0.247. The van der Waals surface area contributed by atoms with Crippen LogP contribution in [0.25, 0.3) is 0 Å². The molecule has 0 aromatic carbocycles. The smallest absolute Gasteiger partial charge is 0.324 e. The molecule has 0 fully saturated rings. The van der Waals surface area contributed by atoms with Gasteiger partial charge >= 0.3 is 7.60 Å². The van der Waals surface area contributed by atoms with E-state index in [0.717, 1.165) is 31.3 Å². The van der Waals surface area contributed by atoms with Crippen molar-refractivity contribution in [3.05, 3.63) is 34.9 Å². The summed E-state index contributed by atoms with van der Waals surface area (Å²) in [6, 6.07) is 0. The van der Waals surface area contributed by atoms with E-state index in [1.54, 1.807) is 0 Å². The Hall–Kier alpha value is -0.720. The molecule has 0 spiro atoms. The highest BCUT2D eigenvalue weighted by Gasteiger charge is 2.32. The Bertz CT molecular complexity index is 666. The van der Waals surface area contributed by atoms with Crippen molar-refractivity contribution in [1.29, 1.82) is 0 Å². The predicted molar refractivity (Wildman–Crippen MR) is 107 cm³/mol. The third-order valence-electron chi connectivity index (χ3n) is 3.99. The van der Waals surface area contributed by atoms with Crippen LogP contribution in [0.4, 0.5) is 0 Å². The second kappa shape index (κ2) is 11.9. The number of rotatable bonds is 12. The van der Waals surface area contributed by atoms with Crippen LogP contribution in [0.2, 0.25) is 0 Å². The maximum atomic E-state index is 11.3. The molecule has 1 atom stereocenters. The Balaban J connectivity index is 4.42. The van der Waals surface area contributed by atoms with Crippen LogP contribution in [-0.2, 0) is 14.7 Å². The lowest BCUT2D eigenvalue weighted by Gasteiger charge is -2.16. The van der Waals surface area contributed by atoms with Crippen LogP contribution >= 0.6 is 7.60 Å². The summed E-state index contributed by atoms with van der Waals surface area (Å²) >= 11 is 0. The summed E-state index contributed by atoms with van der Waals surface area (Å²) in [5.74, 6) is -0.919. The fraction of sp³-hybridized carbons (Fsp3) is 0.667. The van der Waals surface area contributed by atoms with Crippen LogP contribution in [0.15, 0.2) is 34.9 Å². The second-order valence-electron chi connectivity index (χ2n) is 7.03. The van der Waals surface area contributed by atoms with Crippen molar-refractivity contribution < 1.29 is 27.3 Å². The third-order valence-corrected chi connectivity index (χ3v) is 6.46. The third kappa shape index (κ3) is 14.4. The van der Waals surface area contributed by atoms with Gasteiger partial charge < -0.3 is 9.79 Å². The van der Waals surface area contributed by atoms with Gasteiger partial charge in [-0.2, -0.15) is 8.42 Å². The molecule has 8 heteroatoms. The highest BCUT2D eigenvalue weighted by molar-refractivity contribution is 7.86. The molecule has 0 aliphatic heterocycles. The van der Waals surface area contributed by atoms with E-state index in [0.29, 0.717) is 6.42 Å². The van der Waals surface area contributed by atoms with E-state index in [2.05, 4.69) is 32.9 Å². The predicted octanol–water partition coefficient (Wildman–Crippen LogP) is 4.62. The first-order valence-electron chi connectivity index (χ1n) is 8.76. The van der Waals surface area contributed by atoms with Gasteiger partial charge in [-0.3, -0.25) is 9.12 Å². The Morgan fingerprint density at radius 3 is 1.81 bits per heavy atom. The minimum Gasteiger partial charge on any atom is -0.324 e. The van der Waals surface area contributed by atoms with Crippen molar-refractivity contribution >= 4 is 17.7 Å². The lowest BCUT2D eigenvalue weighted by atomic mass is 10.1. The average molecular weight is 408 g/mol. The molecule has 0 radical (unpaired) electrons. The highest BCUT2D eigenvalue weighted by atomic mass is 32.2. The molecule has 0 aliphatic rings. The Morgan fingerprint density at radius 1 is 0.923 bits per heavy atom. The van der Waals surface area contributed by atoms with E-state index in [9.17, 15) is 22.8 Å². The fourth-order valence-corrected chi connectivity index (χ4v) is 4.93. The Labute approximate surface area is 158 Å². The van der Waals surface area contributed by atoms with E-state index < -0.39 is 29.1 Å². The van der Waals surface area contributed by atoms with Crippen LogP contribution < -0.4 is 0 Å². The normalized spacial score (nSPS) is 15.0. The summed E-state index contributed by atoms with van der Waals surface area (Å²) in [5, 5.41) is 0. The molecule has 0 aromatic rings. The summed E-state index contributed by atoms with van der Waals surface area (Å²) in [6.45, 7) is 8.22. The number of allylic oxidation sites excluding steroid dienone is 6. The van der Waals surface area contributed by atoms with E-state index >= 15 is 0 Å². The summed E-state index contributed by atoms with van der Waals surface area (Å²) < 4.78 is 41.9. The lowest BCUT2D eigenvalue weighted by molar-refractivity contribution is 0.356. The molecule has 0 aromatic heterocycles. The van der Waals surface area contributed by atoms with Crippen molar-refractivity contribution in [3.63, 3.8) is 0 Å². The molecule has 0 saturated carbocycles. The molecule has 0 aliphatic carbocycles. The standard InChI is InChI=1S/C18H33O6PS/c1-15(2)8-5-9-16(3)10-6-11-17(4)12-7-13-18(25(19,20)21)14-26(22,23)24/h8,10,12,18H,5-7,9,11,13-14H2,1-4H3,(H2,19,20,21)(H,22,23,24)/b16-10+,17-12+. The van der Waals surface area contributed by atoms with Crippen molar-refractivity contribution in [2.24, 2.45) is 0 Å². The Kier molecular flexibility index (Phi) is 11.6. The maximum Gasteiger partial charge on any atom is 0.329 e. The fourth-order valence-electron chi connectivity index (χ4n) is 2.45. The van der Waals surface area contributed by atoms with Crippen LogP contribution in [0.1, 0.15) is 66.2 Å². The topological polar surface area (TPSA) is 112 Å². The highest BCUT2D eigenvalue weighted by Crippen LogP contribution is 2.44. The molecular weight excluding hydrogens is 375 g/mol. The molecule has 152 valence electrons. The van der Waals surface area contributed by atoms with E-state index in [1.807, 2.05) is 13.0 Å². The van der Waals surface area contributed by atoms with Gasteiger partial charge in [-0.1, -0.05) is 34.9 Å². The van der Waals surface area contributed by atoms with E-state index in [4.69, 9.17) is 4.55 Å².